The van der Waals surface area contributed by atoms with Crippen molar-refractivity contribution in [1.29, 1.82) is 0 Å². The minimum Gasteiger partial charge on any atom is -0.354 e. The number of rotatable bonds is 5. The van der Waals surface area contributed by atoms with E-state index in [0.29, 0.717) is 18.1 Å². The molecule has 2 aromatic heterocycles. The number of anilines is 1. The molecule has 2 heterocycles. The van der Waals surface area contributed by atoms with Crippen molar-refractivity contribution >= 4 is 11.8 Å². The van der Waals surface area contributed by atoms with Crippen LogP contribution in [0.5, 0.6) is 0 Å². The predicted octanol–water partition coefficient (Wildman–Crippen LogP) is 2.14. The Hall–Kier alpha value is -3.16. The maximum atomic E-state index is 11.9. The van der Waals surface area contributed by atoms with Crippen molar-refractivity contribution in [1.82, 2.24) is 25.2 Å². The van der Waals surface area contributed by atoms with E-state index >= 15 is 0 Å². The zero-order chi connectivity index (χ0) is 16.1. The van der Waals surface area contributed by atoms with Crippen LogP contribution in [0.1, 0.15) is 6.92 Å². The number of benzene rings is 1. The fourth-order valence-electron chi connectivity index (χ4n) is 2.10. The Kier molecular flexibility index (Phi) is 4.32. The fourth-order valence-corrected chi connectivity index (χ4v) is 2.10. The standard InChI is InChI=1S/C15H16N6O2/c1-11(8-21-10-16-9-17-21)18-15(22)19-14-7-13(23-20-14)12-5-3-2-4-6-12/h2-7,9-11H,8H2,1H3,(H2,18,19,20,22)/t11-/m1/s1. The van der Waals surface area contributed by atoms with Crippen LogP contribution in [0, 0.1) is 0 Å². The molecule has 0 aliphatic rings. The van der Waals surface area contributed by atoms with Gasteiger partial charge in [0.15, 0.2) is 11.6 Å². The zero-order valence-corrected chi connectivity index (χ0v) is 12.5. The van der Waals surface area contributed by atoms with Gasteiger partial charge in [-0.25, -0.2) is 9.78 Å². The molecule has 1 aromatic carbocycles. The Balaban J connectivity index is 1.55. The summed E-state index contributed by atoms with van der Waals surface area (Å²) in [6.45, 7) is 2.40. The van der Waals surface area contributed by atoms with Crippen molar-refractivity contribution < 1.29 is 9.32 Å². The molecule has 0 aliphatic carbocycles. The molecule has 2 amide bonds. The number of hydrogen-bond donors (Lipinski definition) is 2. The maximum Gasteiger partial charge on any atom is 0.320 e. The van der Waals surface area contributed by atoms with Crippen molar-refractivity contribution in [3.63, 3.8) is 0 Å². The van der Waals surface area contributed by atoms with E-state index in [1.807, 2.05) is 37.3 Å². The lowest BCUT2D eigenvalue weighted by molar-refractivity contribution is 0.247. The minimum absolute atomic E-state index is 0.114. The van der Waals surface area contributed by atoms with Crippen molar-refractivity contribution in [2.75, 3.05) is 5.32 Å². The van der Waals surface area contributed by atoms with Crippen LogP contribution in [-0.2, 0) is 6.54 Å². The lowest BCUT2D eigenvalue weighted by Crippen LogP contribution is -2.38. The molecule has 0 saturated carbocycles. The van der Waals surface area contributed by atoms with Crippen LogP contribution in [0.25, 0.3) is 11.3 Å². The van der Waals surface area contributed by atoms with Crippen molar-refractivity contribution in [3.05, 3.63) is 49.1 Å². The molecule has 2 N–H and O–H groups in total. The van der Waals surface area contributed by atoms with Gasteiger partial charge in [0, 0.05) is 17.7 Å². The summed E-state index contributed by atoms with van der Waals surface area (Å²) in [4.78, 5) is 15.8. The number of hydrogen-bond acceptors (Lipinski definition) is 5. The van der Waals surface area contributed by atoms with Gasteiger partial charge in [-0.1, -0.05) is 35.5 Å². The van der Waals surface area contributed by atoms with Gasteiger partial charge in [-0.2, -0.15) is 5.10 Å². The second-order valence-electron chi connectivity index (χ2n) is 5.06. The third-order valence-electron chi connectivity index (χ3n) is 3.12. The smallest absolute Gasteiger partial charge is 0.320 e. The van der Waals surface area contributed by atoms with Crippen molar-refractivity contribution in [2.24, 2.45) is 0 Å². The first-order chi connectivity index (χ1) is 11.2. The molecular formula is C15H16N6O2. The van der Waals surface area contributed by atoms with Crippen molar-refractivity contribution in [3.8, 4) is 11.3 Å². The number of amides is 2. The molecule has 0 unspecified atom stereocenters. The Morgan fingerprint density at radius 1 is 1.35 bits per heavy atom. The van der Waals surface area contributed by atoms with Gasteiger partial charge in [0.2, 0.25) is 0 Å². The molecule has 0 spiro atoms. The first-order valence-corrected chi connectivity index (χ1v) is 7.13. The quantitative estimate of drug-likeness (QED) is 0.752. The molecule has 23 heavy (non-hydrogen) atoms. The third kappa shape index (κ3) is 3.94. The molecule has 1 atom stereocenters. The lowest BCUT2D eigenvalue weighted by atomic mass is 10.2. The summed E-state index contributed by atoms with van der Waals surface area (Å²) in [7, 11) is 0. The fraction of sp³-hybridized carbons (Fsp3) is 0.200. The normalized spacial score (nSPS) is 11.9. The average Bonchev–Trinajstić information content (AvgIpc) is 3.20. The van der Waals surface area contributed by atoms with E-state index in [4.69, 9.17) is 4.52 Å². The molecule has 0 bridgehead atoms. The second-order valence-corrected chi connectivity index (χ2v) is 5.06. The summed E-state index contributed by atoms with van der Waals surface area (Å²) < 4.78 is 6.87. The van der Waals surface area contributed by atoms with Gasteiger partial charge in [0.1, 0.15) is 12.7 Å². The van der Waals surface area contributed by atoms with Gasteiger partial charge in [0.25, 0.3) is 0 Å². The highest BCUT2D eigenvalue weighted by atomic mass is 16.5. The van der Waals surface area contributed by atoms with E-state index in [-0.39, 0.29) is 12.1 Å². The van der Waals surface area contributed by atoms with Gasteiger partial charge in [-0.15, -0.1) is 0 Å². The Morgan fingerprint density at radius 3 is 2.91 bits per heavy atom. The molecule has 0 aliphatic heterocycles. The largest absolute Gasteiger partial charge is 0.354 e. The Morgan fingerprint density at radius 2 is 2.17 bits per heavy atom. The topological polar surface area (TPSA) is 97.9 Å². The highest BCUT2D eigenvalue weighted by Gasteiger charge is 2.12. The van der Waals surface area contributed by atoms with Crippen LogP contribution < -0.4 is 10.6 Å². The van der Waals surface area contributed by atoms with Crippen LogP contribution in [-0.4, -0.2) is 32.0 Å². The summed E-state index contributed by atoms with van der Waals surface area (Å²) in [5, 5.41) is 13.3. The number of urea groups is 1. The maximum absolute atomic E-state index is 11.9. The highest BCUT2D eigenvalue weighted by Crippen LogP contribution is 2.21. The summed E-state index contributed by atoms with van der Waals surface area (Å²) in [6, 6.07) is 10.8. The highest BCUT2D eigenvalue weighted by molar-refractivity contribution is 5.88. The molecule has 3 rings (SSSR count). The molecule has 3 aromatic rings. The SMILES string of the molecule is C[C@H](Cn1cncn1)NC(=O)Nc1cc(-c2ccccc2)on1. The van der Waals surface area contributed by atoms with Gasteiger partial charge in [0.05, 0.1) is 6.54 Å². The van der Waals surface area contributed by atoms with E-state index in [2.05, 4.69) is 25.9 Å². The zero-order valence-electron chi connectivity index (χ0n) is 12.5. The van der Waals surface area contributed by atoms with Crippen molar-refractivity contribution in [2.45, 2.75) is 19.5 Å². The summed E-state index contributed by atoms with van der Waals surface area (Å²) in [6.07, 6.45) is 3.05. The van der Waals surface area contributed by atoms with Gasteiger partial charge in [-0.3, -0.25) is 10.00 Å². The van der Waals surface area contributed by atoms with Crippen LogP contribution in [0.4, 0.5) is 10.6 Å². The first-order valence-electron chi connectivity index (χ1n) is 7.13. The Labute approximate surface area is 132 Å². The van der Waals surface area contributed by atoms with Gasteiger partial charge < -0.3 is 9.84 Å². The van der Waals surface area contributed by atoms with E-state index in [1.54, 1.807) is 17.1 Å². The van der Waals surface area contributed by atoms with E-state index < -0.39 is 0 Å². The van der Waals surface area contributed by atoms with Gasteiger partial charge in [-0.05, 0) is 6.92 Å². The lowest BCUT2D eigenvalue weighted by Gasteiger charge is -2.13. The minimum atomic E-state index is -0.356. The molecule has 0 radical (unpaired) electrons. The number of carbonyl (C=O) groups is 1. The Bertz CT molecular complexity index is 753. The molecule has 0 saturated heterocycles. The molecule has 118 valence electrons. The monoisotopic (exact) mass is 312 g/mol. The van der Waals surface area contributed by atoms with Crippen LogP contribution >= 0.6 is 0 Å². The number of aromatic nitrogens is 4. The van der Waals surface area contributed by atoms with E-state index in [0.717, 1.165) is 5.56 Å². The molecule has 8 nitrogen and oxygen atoms in total. The number of nitrogens with one attached hydrogen (secondary N) is 2. The number of carbonyl (C=O) groups excluding carboxylic acids is 1. The first kappa shape index (κ1) is 14.8. The number of nitrogens with zero attached hydrogens (tertiary/aromatic N) is 4. The van der Waals surface area contributed by atoms with Crippen LogP contribution in [0.2, 0.25) is 0 Å². The van der Waals surface area contributed by atoms with E-state index in [1.165, 1.54) is 6.33 Å². The summed E-state index contributed by atoms with van der Waals surface area (Å²) in [5.41, 5.74) is 0.896. The van der Waals surface area contributed by atoms with Crippen LogP contribution in [0.3, 0.4) is 0 Å². The van der Waals surface area contributed by atoms with E-state index in [9.17, 15) is 4.79 Å². The molecule has 0 fully saturated rings. The summed E-state index contributed by atoms with van der Waals surface area (Å²) in [5.74, 6) is 0.950. The predicted molar refractivity (Wildman–Crippen MR) is 83.6 cm³/mol. The second kappa shape index (κ2) is 6.73. The van der Waals surface area contributed by atoms with Crippen LogP contribution in [0.15, 0.2) is 53.6 Å². The summed E-state index contributed by atoms with van der Waals surface area (Å²) >= 11 is 0. The average molecular weight is 312 g/mol. The third-order valence-corrected chi connectivity index (χ3v) is 3.12. The van der Waals surface area contributed by atoms with Gasteiger partial charge >= 0.3 is 6.03 Å². The molecular weight excluding hydrogens is 296 g/mol. The molecule has 8 heteroatoms.